The Bertz CT molecular complexity index is 1210. The minimum atomic E-state index is -0.305. The van der Waals surface area contributed by atoms with Crippen molar-refractivity contribution in [3.05, 3.63) is 66.1 Å². The van der Waals surface area contributed by atoms with Gasteiger partial charge in [-0.15, -0.1) is 0 Å². The van der Waals surface area contributed by atoms with Crippen LogP contribution in [0.1, 0.15) is 47.5 Å². The fourth-order valence-corrected chi connectivity index (χ4v) is 4.98. The minimum absolute atomic E-state index is 0.0672. The molecule has 9 heteroatoms. The van der Waals surface area contributed by atoms with Crippen molar-refractivity contribution in [3.8, 4) is 11.1 Å². The summed E-state index contributed by atoms with van der Waals surface area (Å²) in [5, 5.41) is 7.16. The Morgan fingerprint density at radius 2 is 1.94 bits per heavy atom. The molecule has 2 aromatic heterocycles. The summed E-state index contributed by atoms with van der Waals surface area (Å²) in [5.41, 5.74) is 9.22. The first-order valence-electron chi connectivity index (χ1n) is 12.0. The highest BCUT2D eigenvalue weighted by Crippen LogP contribution is 2.36. The average molecular weight is 475 g/mol. The minimum Gasteiger partial charge on any atom is -0.446 e. The predicted octanol–water partition coefficient (Wildman–Crippen LogP) is 3.34. The van der Waals surface area contributed by atoms with Crippen LogP contribution in [-0.2, 0) is 11.8 Å². The predicted molar refractivity (Wildman–Crippen MR) is 132 cm³/mol. The van der Waals surface area contributed by atoms with Gasteiger partial charge in [-0.3, -0.25) is 9.48 Å². The number of likely N-dealkylation sites (tertiary alicyclic amines) is 1. The Hall–Kier alpha value is -3.88. The Kier molecular flexibility index (Phi) is 6.39. The maximum Gasteiger partial charge on any atom is 0.410 e. The second-order valence-electron chi connectivity index (χ2n) is 9.39. The molecule has 2 fully saturated rings. The van der Waals surface area contributed by atoms with Gasteiger partial charge in [-0.1, -0.05) is 30.3 Å². The van der Waals surface area contributed by atoms with E-state index in [4.69, 9.17) is 10.5 Å². The number of hydrogen-bond acceptors (Lipinski definition) is 6. The molecule has 0 radical (unpaired) electrons. The van der Waals surface area contributed by atoms with Crippen LogP contribution in [0.3, 0.4) is 0 Å². The molecule has 3 aromatic rings. The van der Waals surface area contributed by atoms with Gasteiger partial charge < -0.3 is 20.7 Å². The summed E-state index contributed by atoms with van der Waals surface area (Å²) in [7, 11) is 1.83. The monoisotopic (exact) mass is 474 g/mol. The standard InChI is InChI=1S/C26H30N6O3/c1-31-15-20(14-29-31)19-12-23(24(27)28-13-19)25(33)30-21-9-10-32(16-21)26(34)35-22-8-7-18(11-22)17-5-3-2-4-6-17/h2-6,12-15,18,21-22H,7-11,16H2,1H3,(H2,27,28)(H,30,33)/t18?,21-,22?/m1/s1. The van der Waals surface area contributed by atoms with Gasteiger partial charge >= 0.3 is 6.09 Å². The van der Waals surface area contributed by atoms with E-state index in [1.54, 1.807) is 28.0 Å². The molecule has 2 aliphatic rings. The second-order valence-corrected chi connectivity index (χ2v) is 9.39. The molecule has 9 nitrogen and oxygen atoms in total. The number of carbonyl (C=O) groups is 2. The number of nitrogens with zero attached hydrogens (tertiary/aromatic N) is 4. The van der Waals surface area contributed by atoms with Crippen molar-refractivity contribution >= 4 is 17.8 Å². The summed E-state index contributed by atoms with van der Waals surface area (Å²) in [6.07, 6.45) is 8.22. The zero-order chi connectivity index (χ0) is 24.4. The number of anilines is 1. The Labute approximate surface area is 204 Å². The highest BCUT2D eigenvalue weighted by atomic mass is 16.6. The van der Waals surface area contributed by atoms with E-state index in [2.05, 4.69) is 27.5 Å². The van der Waals surface area contributed by atoms with Gasteiger partial charge in [0, 0.05) is 49.7 Å². The summed E-state index contributed by atoms with van der Waals surface area (Å²) in [5.74, 6) is 0.294. The van der Waals surface area contributed by atoms with Gasteiger partial charge in [0.15, 0.2) is 0 Å². The van der Waals surface area contributed by atoms with E-state index < -0.39 is 0 Å². The third kappa shape index (κ3) is 5.13. The number of pyridine rings is 1. The van der Waals surface area contributed by atoms with Crippen molar-refractivity contribution in [1.82, 2.24) is 25.0 Å². The molecule has 35 heavy (non-hydrogen) atoms. The molecular weight excluding hydrogens is 444 g/mol. The van der Waals surface area contributed by atoms with Crippen molar-refractivity contribution in [2.45, 2.75) is 43.7 Å². The number of rotatable bonds is 5. The number of ether oxygens (including phenoxy) is 1. The number of nitrogens with two attached hydrogens (primary N) is 1. The van der Waals surface area contributed by atoms with Gasteiger partial charge in [-0.05, 0) is 43.2 Å². The Balaban J connectivity index is 1.14. The molecule has 1 saturated carbocycles. The fourth-order valence-electron chi connectivity index (χ4n) is 4.98. The highest BCUT2D eigenvalue weighted by Gasteiger charge is 2.33. The van der Waals surface area contributed by atoms with E-state index >= 15 is 0 Å². The van der Waals surface area contributed by atoms with E-state index in [0.29, 0.717) is 31.0 Å². The smallest absolute Gasteiger partial charge is 0.410 e. The van der Waals surface area contributed by atoms with Crippen LogP contribution in [0.2, 0.25) is 0 Å². The molecular formula is C26H30N6O3. The molecule has 1 aliphatic heterocycles. The highest BCUT2D eigenvalue weighted by molar-refractivity contribution is 5.99. The van der Waals surface area contributed by atoms with E-state index in [1.165, 1.54) is 5.56 Å². The van der Waals surface area contributed by atoms with Crippen LogP contribution in [0.15, 0.2) is 55.0 Å². The zero-order valence-corrected chi connectivity index (χ0v) is 19.8. The largest absolute Gasteiger partial charge is 0.446 e. The van der Waals surface area contributed by atoms with Crippen molar-refractivity contribution in [3.63, 3.8) is 0 Å². The number of aryl methyl sites for hydroxylation is 1. The second kappa shape index (κ2) is 9.77. The summed E-state index contributed by atoms with van der Waals surface area (Å²) >= 11 is 0. The first-order valence-corrected chi connectivity index (χ1v) is 12.0. The van der Waals surface area contributed by atoms with Crippen LogP contribution in [0, 0.1) is 0 Å². The van der Waals surface area contributed by atoms with Gasteiger partial charge in [-0.25, -0.2) is 9.78 Å². The topological polar surface area (TPSA) is 115 Å². The quantitative estimate of drug-likeness (QED) is 0.586. The van der Waals surface area contributed by atoms with Crippen LogP contribution in [0.5, 0.6) is 0 Å². The maximum atomic E-state index is 12.9. The molecule has 3 N–H and O–H groups in total. The molecule has 2 amide bonds. The van der Waals surface area contributed by atoms with Gasteiger partial charge in [0.05, 0.1) is 11.8 Å². The van der Waals surface area contributed by atoms with E-state index in [-0.39, 0.29) is 30.0 Å². The first kappa shape index (κ1) is 22.9. The van der Waals surface area contributed by atoms with Crippen LogP contribution < -0.4 is 11.1 Å². The molecule has 3 atom stereocenters. The average Bonchev–Trinajstić information content (AvgIpc) is 3.61. The SMILES string of the molecule is Cn1cc(-c2cnc(N)c(C(=O)N[C@@H]3CCN(C(=O)OC4CCC(c5ccccc5)C4)C3)c2)cn1. The Morgan fingerprint density at radius 1 is 1.11 bits per heavy atom. The molecule has 182 valence electrons. The summed E-state index contributed by atoms with van der Waals surface area (Å²) in [6.45, 7) is 0.955. The fraction of sp³-hybridized carbons (Fsp3) is 0.385. The zero-order valence-electron chi connectivity index (χ0n) is 19.8. The van der Waals surface area contributed by atoms with E-state index in [1.807, 2.05) is 31.4 Å². The molecule has 5 rings (SSSR count). The number of hydrogen-bond donors (Lipinski definition) is 2. The summed E-state index contributed by atoms with van der Waals surface area (Å²) in [4.78, 5) is 31.6. The van der Waals surface area contributed by atoms with Crippen LogP contribution in [0.4, 0.5) is 10.6 Å². The molecule has 3 heterocycles. The van der Waals surface area contributed by atoms with E-state index in [0.717, 1.165) is 30.4 Å². The van der Waals surface area contributed by atoms with Gasteiger partial charge in [0.2, 0.25) is 0 Å². The molecule has 1 saturated heterocycles. The van der Waals surface area contributed by atoms with Crippen LogP contribution in [-0.4, -0.2) is 56.9 Å². The number of nitrogens with one attached hydrogen (secondary N) is 1. The Morgan fingerprint density at radius 3 is 2.71 bits per heavy atom. The van der Waals surface area contributed by atoms with Gasteiger partial charge in [-0.2, -0.15) is 5.10 Å². The summed E-state index contributed by atoms with van der Waals surface area (Å²) < 4.78 is 7.49. The number of amides is 2. The van der Waals surface area contributed by atoms with Crippen molar-refractivity contribution in [2.24, 2.45) is 7.05 Å². The molecule has 1 aliphatic carbocycles. The lowest BCUT2D eigenvalue weighted by Gasteiger charge is -2.20. The van der Waals surface area contributed by atoms with Gasteiger partial charge in [0.1, 0.15) is 11.9 Å². The third-order valence-electron chi connectivity index (χ3n) is 6.91. The molecule has 0 bridgehead atoms. The van der Waals surface area contributed by atoms with Gasteiger partial charge in [0.25, 0.3) is 5.91 Å². The lowest BCUT2D eigenvalue weighted by molar-refractivity contribution is 0.0698. The van der Waals surface area contributed by atoms with Crippen molar-refractivity contribution < 1.29 is 14.3 Å². The number of carbonyl (C=O) groups excluding carboxylic acids is 2. The molecule has 1 aromatic carbocycles. The number of nitrogen functional groups attached to an aromatic ring is 1. The lowest BCUT2D eigenvalue weighted by atomic mass is 9.98. The van der Waals surface area contributed by atoms with Crippen molar-refractivity contribution in [1.29, 1.82) is 0 Å². The van der Waals surface area contributed by atoms with Crippen molar-refractivity contribution in [2.75, 3.05) is 18.8 Å². The molecule has 2 unspecified atom stereocenters. The third-order valence-corrected chi connectivity index (χ3v) is 6.91. The van der Waals surface area contributed by atoms with Crippen LogP contribution in [0.25, 0.3) is 11.1 Å². The lowest BCUT2D eigenvalue weighted by Crippen LogP contribution is -2.39. The number of benzene rings is 1. The first-order chi connectivity index (χ1) is 17.0. The normalized spacial score (nSPS) is 21.7. The summed E-state index contributed by atoms with van der Waals surface area (Å²) in [6, 6.07) is 11.9. The van der Waals surface area contributed by atoms with E-state index in [9.17, 15) is 9.59 Å². The van der Waals surface area contributed by atoms with Crippen LogP contribution >= 0.6 is 0 Å². The molecule has 0 spiro atoms. The maximum absolute atomic E-state index is 12.9. The number of aromatic nitrogens is 3.